The van der Waals surface area contributed by atoms with Gasteiger partial charge in [-0.2, -0.15) is 0 Å². The van der Waals surface area contributed by atoms with E-state index in [1.54, 1.807) is 12.1 Å². The molecule has 0 aliphatic heterocycles. The zero-order valence-electron chi connectivity index (χ0n) is 10.3. The summed E-state index contributed by atoms with van der Waals surface area (Å²) in [7, 11) is -1.37. The summed E-state index contributed by atoms with van der Waals surface area (Å²) in [6, 6.07) is 17.9. The largest absolute Gasteiger partial charge is 0.488 e. The zero-order valence-corrected chi connectivity index (χ0v) is 10.3. The van der Waals surface area contributed by atoms with E-state index in [4.69, 9.17) is 10.0 Å². The first-order valence-corrected chi connectivity index (χ1v) is 6.24. The molecular weight excluding hydrogens is 223 g/mol. The van der Waals surface area contributed by atoms with Crippen LogP contribution in [-0.2, 0) is 12.8 Å². The van der Waals surface area contributed by atoms with E-state index in [1.807, 2.05) is 18.2 Å². The van der Waals surface area contributed by atoms with Crippen molar-refractivity contribution in [3.8, 4) is 0 Å². The predicted octanol–water partition coefficient (Wildman–Crippen LogP) is 1.54. The molecule has 0 saturated carbocycles. The highest BCUT2D eigenvalue weighted by molar-refractivity contribution is 6.58. The van der Waals surface area contributed by atoms with Gasteiger partial charge in [0.15, 0.2) is 0 Å². The van der Waals surface area contributed by atoms with Gasteiger partial charge in [-0.25, -0.2) is 0 Å². The van der Waals surface area contributed by atoms with Gasteiger partial charge >= 0.3 is 7.12 Å². The molecule has 0 fully saturated rings. The van der Waals surface area contributed by atoms with Crippen molar-refractivity contribution in [2.75, 3.05) is 0 Å². The maximum atomic E-state index is 8.99. The molecule has 0 aliphatic rings. The molecule has 0 atom stereocenters. The van der Waals surface area contributed by atoms with E-state index < -0.39 is 7.12 Å². The summed E-state index contributed by atoms with van der Waals surface area (Å²) in [5.74, 6) is 0. The van der Waals surface area contributed by atoms with Crippen molar-refractivity contribution >= 4 is 12.6 Å². The summed E-state index contributed by atoms with van der Waals surface area (Å²) in [4.78, 5) is 0. The fourth-order valence-electron chi connectivity index (χ4n) is 2.00. The Balaban J connectivity index is 1.83. The Bertz CT molecular complexity index is 466. The van der Waals surface area contributed by atoms with Crippen LogP contribution < -0.4 is 5.46 Å². The Hall–Kier alpha value is -1.58. The van der Waals surface area contributed by atoms with Crippen LogP contribution in [0.2, 0.25) is 0 Å². The summed E-state index contributed by atoms with van der Waals surface area (Å²) in [5.41, 5.74) is 3.14. The summed E-state index contributed by atoms with van der Waals surface area (Å²) in [5, 5.41) is 18.0. The van der Waals surface area contributed by atoms with Crippen molar-refractivity contribution < 1.29 is 10.0 Å². The summed E-state index contributed by atoms with van der Waals surface area (Å²) >= 11 is 0. The van der Waals surface area contributed by atoms with Crippen LogP contribution >= 0.6 is 0 Å². The van der Waals surface area contributed by atoms with Gasteiger partial charge in [0.25, 0.3) is 0 Å². The Kier molecular flexibility index (Phi) is 4.56. The van der Waals surface area contributed by atoms with E-state index in [-0.39, 0.29) is 0 Å². The molecule has 2 N–H and O–H groups in total. The molecule has 0 bridgehead atoms. The summed E-state index contributed by atoms with van der Waals surface area (Å²) < 4.78 is 0. The first-order chi connectivity index (χ1) is 8.75. The number of hydrogen-bond donors (Lipinski definition) is 2. The lowest BCUT2D eigenvalue weighted by atomic mass is 9.80. The van der Waals surface area contributed by atoms with Crippen molar-refractivity contribution in [1.29, 1.82) is 0 Å². The molecule has 0 radical (unpaired) electrons. The summed E-state index contributed by atoms with van der Waals surface area (Å²) in [6.07, 6.45) is 3.19. The van der Waals surface area contributed by atoms with Crippen molar-refractivity contribution in [2.45, 2.75) is 19.3 Å². The van der Waals surface area contributed by atoms with Gasteiger partial charge in [-0.3, -0.25) is 0 Å². The number of benzene rings is 2. The normalized spacial score (nSPS) is 10.3. The topological polar surface area (TPSA) is 40.5 Å². The average molecular weight is 240 g/mol. The minimum Gasteiger partial charge on any atom is -0.423 e. The van der Waals surface area contributed by atoms with Gasteiger partial charge < -0.3 is 10.0 Å². The molecule has 2 aromatic carbocycles. The number of rotatable bonds is 5. The average Bonchev–Trinajstić information content (AvgIpc) is 2.40. The van der Waals surface area contributed by atoms with Gasteiger partial charge in [0.1, 0.15) is 0 Å². The molecule has 0 amide bonds. The Morgan fingerprint density at radius 3 is 1.83 bits per heavy atom. The third-order valence-electron chi connectivity index (χ3n) is 3.05. The Morgan fingerprint density at radius 2 is 1.28 bits per heavy atom. The number of aryl methyl sites for hydroxylation is 2. The standard InChI is InChI=1S/C15H17BO2/c17-16(18)15-11-9-14(10-12-15)8-4-7-13-5-2-1-3-6-13/h1-3,5-6,9-12,17-18H,4,7-8H2. The fraction of sp³-hybridized carbons (Fsp3) is 0.200. The summed E-state index contributed by atoms with van der Waals surface area (Å²) in [6.45, 7) is 0. The highest BCUT2D eigenvalue weighted by Gasteiger charge is 2.09. The maximum absolute atomic E-state index is 8.99. The molecule has 0 saturated heterocycles. The van der Waals surface area contributed by atoms with Crippen LogP contribution in [0.3, 0.4) is 0 Å². The minimum atomic E-state index is -1.37. The molecule has 2 aromatic rings. The second kappa shape index (κ2) is 6.38. The van der Waals surface area contributed by atoms with E-state index in [0.717, 1.165) is 19.3 Å². The monoisotopic (exact) mass is 240 g/mol. The highest BCUT2D eigenvalue weighted by atomic mass is 16.4. The third kappa shape index (κ3) is 3.72. The first kappa shape index (κ1) is 12.9. The molecule has 2 rings (SSSR count). The smallest absolute Gasteiger partial charge is 0.423 e. The molecule has 2 nitrogen and oxygen atoms in total. The lowest BCUT2D eigenvalue weighted by Gasteiger charge is -2.04. The van der Waals surface area contributed by atoms with Gasteiger partial charge in [-0.15, -0.1) is 0 Å². The van der Waals surface area contributed by atoms with Crippen LogP contribution in [0.15, 0.2) is 54.6 Å². The molecule has 0 unspecified atom stereocenters. The molecule has 18 heavy (non-hydrogen) atoms. The quantitative estimate of drug-likeness (QED) is 0.778. The van der Waals surface area contributed by atoms with E-state index in [1.165, 1.54) is 11.1 Å². The molecule has 3 heteroatoms. The molecule has 0 heterocycles. The Labute approximate surface area is 108 Å². The lowest BCUT2D eigenvalue weighted by molar-refractivity contribution is 0.426. The van der Waals surface area contributed by atoms with Crippen LogP contribution in [0.4, 0.5) is 0 Å². The second-order valence-corrected chi connectivity index (χ2v) is 4.45. The van der Waals surface area contributed by atoms with Crippen LogP contribution in [0.1, 0.15) is 17.5 Å². The van der Waals surface area contributed by atoms with E-state index in [2.05, 4.69) is 24.3 Å². The maximum Gasteiger partial charge on any atom is 0.488 e. The minimum absolute atomic E-state index is 0.543. The van der Waals surface area contributed by atoms with Gasteiger partial charge in [0, 0.05) is 0 Å². The molecule has 0 aliphatic carbocycles. The Morgan fingerprint density at radius 1 is 0.722 bits per heavy atom. The zero-order chi connectivity index (χ0) is 12.8. The van der Waals surface area contributed by atoms with Crippen LogP contribution in [0.25, 0.3) is 0 Å². The lowest BCUT2D eigenvalue weighted by Crippen LogP contribution is -2.29. The fourth-order valence-corrected chi connectivity index (χ4v) is 2.00. The third-order valence-corrected chi connectivity index (χ3v) is 3.05. The van der Waals surface area contributed by atoms with Gasteiger partial charge in [-0.05, 0) is 35.9 Å². The molecule has 92 valence electrons. The van der Waals surface area contributed by atoms with Crippen LogP contribution in [0, 0.1) is 0 Å². The van der Waals surface area contributed by atoms with Gasteiger partial charge in [-0.1, -0.05) is 54.6 Å². The van der Waals surface area contributed by atoms with Crippen LogP contribution in [-0.4, -0.2) is 17.2 Å². The van der Waals surface area contributed by atoms with Crippen molar-refractivity contribution in [3.05, 3.63) is 65.7 Å². The predicted molar refractivity (Wildman–Crippen MR) is 74.7 cm³/mol. The van der Waals surface area contributed by atoms with E-state index >= 15 is 0 Å². The van der Waals surface area contributed by atoms with Gasteiger partial charge in [0.2, 0.25) is 0 Å². The SMILES string of the molecule is OB(O)c1ccc(CCCc2ccccc2)cc1. The van der Waals surface area contributed by atoms with Crippen molar-refractivity contribution in [2.24, 2.45) is 0 Å². The number of hydrogen-bond acceptors (Lipinski definition) is 2. The van der Waals surface area contributed by atoms with Crippen molar-refractivity contribution in [1.82, 2.24) is 0 Å². The molecule has 0 spiro atoms. The van der Waals surface area contributed by atoms with E-state index in [9.17, 15) is 0 Å². The van der Waals surface area contributed by atoms with Gasteiger partial charge in [0.05, 0.1) is 0 Å². The van der Waals surface area contributed by atoms with E-state index in [0.29, 0.717) is 5.46 Å². The van der Waals surface area contributed by atoms with Crippen molar-refractivity contribution in [3.63, 3.8) is 0 Å². The highest BCUT2D eigenvalue weighted by Crippen LogP contribution is 2.07. The first-order valence-electron chi connectivity index (χ1n) is 6.24. The molecular formula is C15H17BO2. The molecule has 0 aromatic heterocycles. The van der Waals surface area contributed by atoms with Crippen LogP contribution in [0.5, 0.6) is 0 Å². The second-order valence-electron chi connectivity index (χ2n) is 4.45.